The lowest BCUT2D eigenvalue weighted by Crippen LogP contribution is -2.08. The van der Waals surface area contributed by atoms with Gasteiger partial charge in [-0.25, -0.2) is 8.78 Å². The molecular weight excluding hydrogens is 222 g/mol. The number of carboxylic acid groups (broad SMARTS) is 2. The first-order chi connectivity index (χ1) is 7.40. The summed E-state index contributed by atoms with van der Waals surface area (Å²) in [6.07, 6.45) is -1.29. The first-order valence-corrected chi connectivity index (χ1v) is 4.30. The second-order valence-electron chi connectivity index (χ2n) is 3.18. The summed E-state index contributed by atoms with van der Waals surface area (Å²) < 4.78 is 26.5. The fourth-order valence-electron chi connectivity index (χ4n) is 1.25. The molecule has 2 N–H and O–H groups in total. The van der Waals surface area contributed by atoms with E-state index < -0.39 is 42.0 Å². The Kier molecular flexibility index (Phi) is 3.55. The van der Waals surface area contributed by atoms with Crippen LogP contribution in [0.15, 0.2) is 12.1 Å². The first kappa shape index (κ1) is 12.1. The van der Waals surface area contributed by atoms with E-state index in [1.807, 2.05) is 0 Å². The molecule has 0 fully saturated rings. The summed E-state index contributed by atoms with van der Waals surface area (Å²) in [5.74, 6) is -4.66. The van der Waals surface area contributed by atoms with Gasteiger partial charge in [0.15, 0.2) is 0 Å². The molecule has 1 aromatic carbocycles. The van der Waals surface area contributed by atoms with Crippen LogP contribution in [0.4, 0.5) is 8.78 Å². The maximum absolute atomic E-state index is 13.2. The first-order valence-electron chi connectivity index (χ1n) is 4.30. The van der Waals surface area contributed by atoms with Crippen molar-refractivity contribution in [3.05, 3.63) is 34.9 Å². The highest BCUT2D eigenvalue weighted by molar-refractivity contribution is 5.71. The molecule has 0 atom stereocenters. The molecule has 1 rings (SSSR count). The van der Waals surface area contributed by atoms with Crippen molar-refractivity contribution in [3.63, 3.8) is 0 Å². The van der Waals surface area contributed by atoms with Gasteiger partial charge in [-0.3, -0.25) is 9.59 Å². The Hall–Kier alpha value is -1.98. The van der Waals surface area contributed by atoms with Crippen LogP contribution in [0.1, 0.15) is 11.1 Å². The lowest BCUT2D eigenvalue weighted by Gasteiger charge is -2.04. The number of rotatable bonds is 4. The van der Waals surface area contributed by atoms with Gasteiger partial charge in [0, 0.05) is 5.56 Å². The summed E-state index contributed by atoms with van der Waals surface area (Å²) in [5, 5.41) is 16.8. The van der Waals surface area contributed by atoms with Crippen molar-refractivity contribution >= 4 is 11.9 Å². The molecule has 0 saturated heterocycles. The van der Waals surface area contributed by atoms with Crippen LogP contribution in [-0.4, -0.2) is 22.2 Å². The predicted molar refractivity (Wildman–Crippen MR) is 49.0 cm³/mol. The maximum Gasteiger partial charge on any atom is 0.308 e. The predicted octanol–water partition coefficient (Wildman–Crippen LogP) is 1.22. The average Bonchev–Trinajstić information content (AvgIpc) is 2.10. The monoisotopic (exact) mass is 230 g/mol. The van der Waals surface area contributed by atoms with Crippen LogP contribution in [0.2, 0.25) is 0 Å². The second kappa shape index (κ2) is 4.69. The van der Waals surface area contributed by atoms with E-state index >= 15 is 0 Å². The molecule has 0 aliphatic heterocycles. The minimum Gasteiger partial charge on any atom is -0.481 e. The van der Waals surface area contributed by atoms with Gasteiger partial charge in [0.25, 0.3) is 0 Å². The van der Waals surface area contributed by atoms with Crippen LogP contribution in [0.25, 0.3) is 0 Å². The molecule has 0 bridgehead atoms. The largest absolute Gasteiger partial charge is 0.481 e. The van der Waals surface area contributed by atoms with E-state index in [4.69, 9.17) is 10.2 Å². The van der Waals surface area contributed by atoms with Gasteiger partial charge in [-0.1, -0.05) is 0 Å². The fourth-order valence-corrected chi connectivity index (χ4v) is 1.25. The van der Waals surface area contributed by atoms with Crippen LogP contribution < -0.4 is 0 Å². The van der Waals surface area contributed by atoms with Crippen molar-refractivity contribution in [3.8, 4) is 0 Å². The van der Waals surface area contributed by atoms with Gasteiger partial charge in [-0.15, -0.1) is 0 Å². The van der Waals surface area contributed by atoms with E-state index in [9.17, 15) is 18.4 Å². The summed E-state index contributed by atoms with van der Waals surface area (Å²) >= 11 is 0. The summed E-state index contributed by atoms with van der Waals surface area (Å²) in [4.78, 5) is 20.6. The molecule has 16 heavy (non-hydrogen) atoms. The van der Waals surface area contributed by atoms with Gasteiger partial charge >= 0.3 is 11.9 Å². The van der Waals surface area contributed by atoms with Crippen molar-refractivity contribution in [1.82, 2.24) is 0 Å². The number of aliphatic carboxylic acids is 2. The van der Waals surface area contributed by atoms with E-state index in [0.717, 1.165) is 12.1 Å². The Morgan fingerprint density at radius 2 is 1.44 bits per heavy atom. The van der Waals surface area contributed by atoms with Crippen molar-refractivity contribution in [2.24, 2.45) is 0 Å². The van der Waals surface area contributed by atoms with Crippen LogP contribution in [0.3, 0.4) is 0 Å². The minimum absolute atomic E-state index is 0.0448. The van der Waals surface area contributed by atoms with Gasteiger partial charge in [-0.05, 0) is 17.7 Å². The minimum atomic E-state index is -1.36. The fraction of sp³-hybridized carbons (Fsp3) is 0.200. The number of halogens is 2. The topological polar surface area (TPSA) is 74.6 Å². The molecule has 0 aromatic heterocycles. The highest BCUT2D eigenvalue weighted by atomic mass is 19.1. The highest BCUT2D eigenvalue weighted by Gasteiger charge is 2.15. The maximum atomic E-state index is 13.2. The van der Waals surface area contributed by atoms with Gasteiger partial charge in [0.05, 0.1) is 12.8 Å². The molecule has 0 aliphatic rings. The van der Waals surface area contributed by atoms with Crippen molar-refractivity contribution in [2.75, 3.05) is 0 Å². The van der Waals surface area contributed by atoms with Gasteiger partial charge in [0.2, 0.25) is 0 Å². The normalized spacial score (nSPS) is 10.1. The van der Waals surface area contributed by atoms with Crippen LogP contribution in [0.5, 0.6) is 0 Å². The lowest BCUT2D eigenvalue weighted by atomic mass is 10.1. The zero-order valence-electron chi connectivity index (χ0n) is 8.04. The van der Waals surface area contributed by atoms with E-state index in [1.165, 1.54) is 0 Å². The Balaban J connectivity index is 3.06. The van der Waals surface area contributed by atoms with Crippen LogP contribution >= 0.6 is 0 Å². The molecular formula is C10H8F2O4. The molecule has 1 aromatic rings. The average molecular weight is 230 g/mol. The summed E-state index contributed by atoms with van der Waals surface area (Å²) in [6.45, 7) is 0. The summed E-state index contributed by atoms with van der Waals surface area (Å²) in [7, 11) is 0. The van der Waals surface area contributed by atoms with Crippen molar-refractivity contribution in [1.29, 1.82) is 0 Å². The van der Waals surface area contributed by atoms with E-state index in [2.05, 4.69) is 0 Å². The van der Waals surface area contributed by atoms with Crippen molar-refractivity contribution in [2.45, 2.75) is 12.8 Å². The SMILES string of the molecule is O=C(O)Cc1cc(F)c(CC(=O)O)c(F)c1. The molecule has 0 saturated carbocycles. The van der Waals surface area contributed by atoms with Gasteiger partial charge in [-0.2, -0.15) is 0 Å². The molecule has 0 unspecified atom stereocenters. The Morgan fingerprint density at radius 3 is 1.81 bits per heavy atom. The lowest BCUT2D eigenvalue weighted by molar-refractivity contribution is -0.137. The molecule has 6 heteroatoms. The smallest absolute Gasteiger partial charge is 0.308 e. The van der Waals surface area contributed by atoms with Crippen LogP contribution in [0, 0.1) is 11.6 Å². The number of carbonyl (C=O) groups is 2. The number of benzene rings is 1. The van der Waals surface area contributed by atoms with E-state index in [0.29, 0.717) is 0 Å². The van der Waals surface area contributed by atoms with Gasteiger partial charge < -0.3 is 10.2 Å². The molecule has 0 spiro atoms. The number of carboxylic acids is 2. The quantitative estimate of drug-likeness (QED) is 0.815. The molecule has 0 heterocycles. The third-order valence-corrected chi connectivity index (χ3v) is 1.88. The van der Waals surface area contributed by atoms with E-state index in [-0.39, 0.29) is 5.56 Å². The molecule has 86 valence electrons. The Labute approximate surface area is 89.1 Å². The Bertz CT molecular complexity index is 419. The molecule has 4 nitrogen and oxygen atoms in total. The number of hydrogen-bond acceptors (Lipinski definition) is 2. The summed E-state index contributed by atoms with van der Waals surface area (Å²) in [6, 6.07) is 1.66. The standard InChI is InChI=1S/C10H8F2O4/c11-7-1-5(3-9(13)14)2-8(12)6(7)4-10(15)16/h1-2H,3-4H2,(H,13,14)(H,15,16). The zero-order chi connectivity index (χ0) is 12.3. The van der Waals surface area contributed by atoms with Crippen molar-refractivity contribution < 1.29 is 28.6 Å². The van der Waals surface area contributed by atoms with E-state index in [1.54, 1.807) is 0 Å². The highest BCUT2D eigenvalue weighted by Crippen LogP contribution is 2.16. The molecule has 0 aliphatic carbocycles. The molecule has 0 amide bonds. The third kappa shape index (κ3) is 3.01. The summed E-state index contributed by atoms with van der Waals surface area (Å²) in [5.41, 5.74) is -0.613. The third-order valence-electron chi connectivity index (χ3n) is 1.88. The second-order valence-corrected chi connectivity index (χ2v) is 3.18. The molecule has 0 radical (unpaired) electrons. The number of hydrogen-bond donors (Lipinski definition) is 2. The van der Waals surface area contributed by atoms with Crippen LogP contribution in [-0.2, 0) is 22.4 Å². The van der Waals surface area contributed by atoms with Gasteiger partial charge in [0.1, 0.15) is 11.6 Å². The zero-order valence-corrected chi connectivity index (χ0v) is 8.04. The Morgan fingerprint density at radius 1 is 1.00 bits per heavy atom.